The fraction of sp³-hybridized carbons (Fsp3) is 0.333. The van der Waals surface area contributed by atoms with E-state index in [2.05, 4.69) is 15.0 Å². The van der Waals surface area contributed by atoms with Gasteiger partial charge in [-0.25, -0.2) is 9.79 Å². The molecule has 0 aliphatic carbocycles. The summed E-state index contributed by atoms with van der Waals surface area (Å²) < 4.78 is 9.71. The van der Waals surface area contributed by atoms with Gasteiger partial charge in [-0.15, -0.1) is 0 Å². The highest BCUT2D eigenvalue weighted by Gasteiger charge is 2.15. The summed E-state index contributed by atoms with van der Waals surface area (Å²) in [6.07, 6.45) is -0.0287. The highest BCUT2D eigenvalue weighted by atomic mass is 16.6. The molecular formula is C12H16N4O5. The van der Waals surface area contributed by atoms with Crippen LogP contribution in [-0.4, -0.2) is 30.7 Å². The fourth-order valence-corrected chi connectivity index (χ4v) is 1.37. The maximum atomic E-state index is 11.0. The Morgan fingerprint density at radius 3 is 2.81 bits per heavy atom. The molecule has 1 aromatic rings. The van der Waals surface area contributed by atoms with Crippen LogP contribution in [0.1, 0.15) is 13.3 Å². The minimum absolute atomic E-state index is 0.0255. The second-order valence-electron chi connectivity index (χ2n) is 3.87. The van der Waals surface area contributed by atoms with E-state index < -0.39 is 11.0 Å². The summed E-state index contributed by atoms with van der Waals surface area (Å²) in [5.41, 5.74) is 5.19. The minimum atomic E-state index is -0.822. The van der Waals surface area contributed by atoms with Crippen molar-refractivity contribution in [2.45, 2.75) is 13.3 Å². The molecule has 1 aromatic carbocycles. The Labute approximate surface area is 120 Å². The SMILES string of the molecule is CCCOc1ccc([N+](=O)[O-])c(N=C(N)NC(=O)OC)c1. The van der Waals surface area contributed by atoms with Crippen molar-refractivity contribution in [3.63, 3.8) is 0 Å². The normalized spacial score (nSPS) is 10.9. The Morgan fingerprint density at radius 2 is 2.24 bits per heavy atom. The standard InChI is InChI=1S/C12H16N4O5/c1-3-6-21-8-4-5-10(16(18)19)9(7-8)14-11(13)15-12(17)20-2/h4-5,7H,3,6H2,1-2H3,(H3,13,14,15,17). The van der Waals surface area contributed by atoms with E-state index in [1.807, 2.05) is 6.92 Å². The number of nitrogens with two attached hydrogens (primary N) is 1. The molecule has 0 aliphatic heterocycles. The van der Waals surface area contributed by atoms with Crippen molar-refractivity contribution < 1.29 is 19.2 Å². The number of nitrogens with zero attached hydrogens (tertiary/aromatic N) is 2. The number of hydrogen-bond acceptors (Lipinski definition) is 6. The molecule has 0 heterocycles. The molecule has 9 heteroatoms. The van der Waals surface area contributed by atoms with Crippen molar-refractivity contribution >= 4 is 23.4 Å². The molecule has 0 unspecified atom stereocenters. The maximum absolute atomic E-state index is 11.0. The van der Waals surface area contributed by atoms with E-state index in [-0.39, 0.29) is 17.3 Å². The zero-order valence-electron chi connectivity index (χ0n) is 11.7. The van der Waals surface area contributed by atoms with Crippen LogP contribution in [0.15, 0.2) is 23.2 Å². The third-order valence-corrected chi connectivity index (χ3v) is 2.27. The molecule has 0 aromatic heterocycles. The molecule has 9 nitrogen and oxygen atoms in total. The number of nitro benzene ring substituents is 1. The summed E-state index contributed by atoms with van der Waals surface area (Å²) in [7, 11) is 1.16. The number of guanidine groups is 1. The fourth-order valence-electron chi connectivity index (χ4n) is 1.37. The van der Waals surface area contributed by atoms with Crippen molar-refractivity contribution in [3.05, 3.63) is 28.3 Å². The van der Waals surface area contributed by atoms with Gasteiger partial charge in [-0.3, -0.25) is 15.4 Å². The largest absolute Gasteiger partial charge is 0.494 e. The molecule has 0 aliphatic rings. The number of methoxy groups -OCH3 is 1. The second-order valence-corrected chi connectivity index (χ2v) is 3.87. The number of benzene rings is 1. The lowest BCUT2D eigenvalue weighted by Crippen LogP contribution is -2.36. The molecule has 1 amide bonds. The van der Waals surface area contributed by atoms with Crippen LogP contribution in [0.4, 0.5) is 16.2 Å². The van der Waals surface area contributed by atoms with Gasteiger partial charge < -0.3 is 15.2 Å². The highest BCUT2D eigenvalue weighted by Crippen LogP contribution is 2.31. The molecule has 3 N–H and O–H groups in total. The number of nitrogens with one attached hydrogen (secondary N) is 1. The van der Waals surface area contributed by atoms with Crippen molar-refractivity contribution in [1.29, 1.82) is 0 Å². The molecule has 0 bridgehead atoms. The number of nitro groups is 1. The lowest BCUT2D eigenvalue weighted by molar-refractivity contribution is -0.384. The average Bonchev–Trinajstić information content (AvgIpc) is 2.44. The number of alkyl carbamates (subject to hydrolysis) is 1. The molecule has 1 rings (SSSR count). The molecule has 0 fully saturated rings. The molecule has 114 valence electrons. The van der Waals surface area contributed by atoms with E-state index in [1.54, 1.807) is 0 Å². The summed E-state index contributed by atoms with van der Waals surface area (Å²) in [6, 6.07) is 4.10. The van der Waals surface area contributed by atoms with Gasteiger partial charge in [0.1, 0.15) is 11.4 Å². The van der Waals surface area contributed by atoms with Gasteiger partial charge in [0.25, 0.3) is 5.69 Å². The summed E-state index contributed by atoms with van der Waals surface area (Å²) in [6.45, 7) is 2.40. The molecular weight excluding hydrogens is 280 g/mol. The van der Waals surface area contributed by atoms with Gasteiger partial charge in [0.05, 0.1) is 18.6 Å². The summed E-state index contributed by atoms with van der Waals surface area (Å²) >= 11 is 0. The first-order valence-corrected chi connectivity index (χ1v) is 6.08. The number of amides is 1. The highest BCUT2D eigenvalue weighted by molar-refractivity contribution is 5.94. The van der Waals surface area contributed by atoms with Crippen LogP contribution in [0.3, 0.4) is 0 Å². The Bertz CT molecular complexity index is 559. The van der Waals surface area contributed by atoms with E-state index in [0.29, 0.717) is 12.4 Å². The molecule has 0 radical (unpaired) electrons. The van der Waals surface area contributed by atoms with E-state index in [9.17, 15) is 14.9 Å². The molecule has 0 atom stereocenters. The Morgan fingerprint density at radius 1 is 1.52 bits per heavy atom. The molecule has 21 heavy (non-hydrogen) atoms. The van der Waals surface area contributed by atoms with Gasteiger partial charge in [0.15, 0.2) is 0 Å². The Kier molecular flexibility index (Phi) is 5.93. The summed E-state index contributed by atoms with van der Waals surface area (Å²) in [5.74, 6) is 0.102. The maximum Gasteiger partial charge on any atom is 0.413 e. The summed E-state index contributed by atoms with van der Waals surface area (Å²) in [4.78, 5) is 25.1. The topological polar surface area (TPSA) is 129 Å². The monoisotopic (exact) mass is 296 g/mol. The Balaban J connectivity index is 3.08. The first kappa shape index (κ1) is 16.2. The van der Waals surface area contributed by atoms with Crippen LogP contribution in [0.5, 0.6) is 5.75 Å². The van der Waals surface area contributed by atoms with Gasteiger partial charge in [-0.2, -0.15) is 0 Å². The number of ether oxygens (including phenoxy) is 2. The van der Waals surface area contributed by atoms with Crippen LogP contribution in [0, 0.1) is 10.1 Å². The number of hydrogen-bond donors (Lipinski definition) is 2. The van der Waals surface area contributed by atoms with E-state index in [1.165, 1.54) is 18.2 Å². The quantitative estimate of drug-likeness (QED) is 0.368. The van der Waals surface area contributed by atoms with Crippen LogP contribution in [-0.2, 0) is 4.74 Å². The van der Waals surface area contributed by atoms with Crippen molar-refractivity contribution in [2.24, 2.45) is 10.7 Å². The van der Waals surface area contributed by atoms with Gasteiger partial charge in [-0.1, -0.05) is 6.92 Å². The molecule has 0 spiro atoms. The zero-order chi connectivity index (χ0) is 15.8. The first-order valence-electron chi connectivity index (χ1n) is 6.08. The molecule has 0 saturated heterocycles. The number of carbonyl (C=O) groups excluding carboxylic acids is 1. The third kappa shape index (κ3) is 4.97. The van der Waals surface area contributed by atoms with Crippen molar-refractivity contribution in [2.75, 3.05) is 13.7 Å². The number of aliphatic imine (C=N–C) groups is 1. The van der Waals surface area contributed by atoms with Crippen LogP contribution in [0.2, 0.25) is 0 Å². The predicted octanol–water partition coefficient (Wildman–Crippen LogP) is 1.69. The number of carbonyl (C=O) groups is 1. The average molecular weight is 296 g/mol. The summed E-state index contributed by atoms with van der Waals surface area (Å²) in [5, 5.41) is 13.1. The van der Waals surface area contributed by atoms with Gasteiger partial charge in [0.2, 0.25) is 5.96 Å². The zero-order valence-corrected chi connectivity index (χ0v) is 11.7. The van der Waals surface area contributed by atoms with Gasteiger partial charge in [-0.05, 0) is 12.5 Å². The van der Waals surface area contributed by atoms with Crippen LogP contribution in [0.25, 0.3) is 0 Å². The van der Waals surface area contributed by atoms with E-state index >= 15 is 0 Å². The van der Waals surface area contributed by atoms with E-state index in [4.69, 9.17) is 10.5 Å². The molecule has 0 saturated carbocycles. The van der Waals surface area contributed by atoms with Crippen LogP contribution >= 0.6 is 0 Å². The minimum Gasteiger partial charge on any atom is -0.494 e. The number of rotatable bonds is 5. The van der Waals surface area contributed by atoms with Crippen molar-refractivity contribution in [3.8, 4) is 5.75 Å². The van der Waals surface area contributed by atoms with Crippen LogP contribution < -0.4 is 15.8 Å². The third-order valence-electron chi connectivity index (χ3n) is 2.27. The first-order chi connectivity index (χ1) is 9.97. The smallest absolute Gasteiger partial charge is 0.413 e. The van der Waals surface area contributed by atoms with Gasteiger partial charge in [0, 0.05) is 12.1 Å². The second kappa shape index (κ2) is 7.68. The van der Waals surface area contributed by atoms with Gasteiger partial charge >= 0.3 is 6.09 Å². The Hall–Kier alpha value is -2.84. The lowest BCUT2D eigenvalue weighted by atomic mass is 10.2. The predicted molar refractivity (Wildman–Crippen MR) is 75.7 cm³/mol. The lowest BCUT2D eigenvalue weighted by Gasteiger charge is -2.06. The van der Waals surface area contributed by atoms with Crippen molar-refractivity contribution in [1.82, 2.24) is 5.32 Å². The van der Waals surface area contributed by atoms with E-state index in [0.717, 1.165) is 13.5 Å².